The van der Waals surface area contributed by atoms with Crippen LogP contribution < -0.4 is 21.3 Å². The number of aryl methyl sites for hydroxylation is 1. The first-order valence-electron chi connectivity index (χ1n) is 14.9. The number of methoxy groups -OCH3 is 1. The van der Waals surface area contributed by atoms with Crippen molar-refractivity contribution < 1.29 is 23.9 Å². The van der Waals surface area contributed by atoms with Crippen LogP contribution in [0.3, 0.4) is 0 Å². The molecule has 0 radical (unpaired) electrons. The summed E-state index contributed by atoms with van der Waals surface area (Å²) in [5.41, 5.74) is 10.2. The summed E-state index contributed by atoms with van der Waals surface area (Å²) in [6.07, 6.45) is 1.51. The van der Waals surface area contributed by atoms with Crippen molar-refractivity contribution in [1.82, 2.24) is 19.7 Å². The molecule has 0 saturated carbocycles. The lowest BCUT2D eigenvalue weighted by molar-refractivity contribution is -0.119. The van der Waals surface area contributed by atoms with Gasteiger partial charge < -0.3 is 20.5 Å². The molecule has 0 spiro atoms. The van der Waals surface area contributed by atoms with E-state index in [-0.39, 0.29) is 23.9 Å². The van der Waals surface area contributed by atoms with Crippen molar-refractivity contribution in [2.75, 3.05) is 7.11 Å². The summed E-state index contributed by atoms with van der Waals surface area (Å²) >= 11 is 14.1. The number of carbonyl (C=O) groups is 3. The molecule has 2 atom stereocenters. The van der Waals surface area contributed by atoms with Crippen LogP contribution in [0, 0.1) is 6.92 Å². The van der Waals surface area contributed by atoms with E-state index in [0.29, 0.717) is 79.9 Å². The van der Waals surface area contributed by atoms with Crippen LogP contribution in [0.4, 0.5) is 4.79 Å². The maximum Gasteiger partial charge on any atom is 0.404 e. The lowest BCUT2D eigenvalue weighted by atomic mass is 9.96. The van der Waals surface area contributed by atoms with Crippen molar-refractivity contribution in [3.05, 3.63) is 104 Å². The van der Waals surface area contributed by atoms with Crippen molar-refractivity contribution in [1.29, 1.82) is 0 Å². The molecule has 3 N–H and O–H groups in total. The quantitative estimate of drug-likeness (QED) is 0.184. The number of benzene rings is 2. The average Bonchev–Trinajstić information content (AvgIpc) is 3.51. The zero-order chi connectivity index (χ0) is 34.1. The van der Waals surface area contributed by atoms with E-state index in [2.05, 4.69) is 10.3 Å². The number of nitrogens with two attached hydrogens (primary N) is 1. The van der Waals surface area contributed by atoms with E-state index in [9.17, 15) is 19.2 Å². The maximum absolute atomic E-state index is 12.7. The first-order chi connectivity index (χ1) is 23.1. The van der Waals surface area contributed by atoms with Crippen LogP contribution in [0.25, 0.3) is 39.2 Å². The molecule has 6 rings (SSSR count). The number of rotatable bonds is 9. The standard InChI is InChI=1S/C35H29Cl2N5O6/c1-18-25(17-43)34(45)42-14-13-19(16-29(42)39-18)21-5-3-6-22(31(21)36)23-7-4-8-24(32(23)37)26-10-9-20(33(41-26)47-2)15-28(48-35(38)46)27-11-12-30(44)40-27/h3-10,13-14,16-17,27-28H,11-12,15H2,1-2H3,(H2,38,46)(H,40,44). The van der Waals surface area contributed by atoms with Crippen LogP contribution in [0.15, 0.2) is 71.7 Å². The molecule has 2 amide bonds. The Morgan fingerprint density at radius 3 is 2.38 bits per heavy atom. The largest absolute Gasteiger partial charge is 0.481 e. The molecule has 1 saturated heterocycles. The van der Waals surface area contributed by atoms with Gasteiger partial charge in [-0.25, -0.2) is 14.8 Å². The van der Waals surface area contributed by atoms with Gasteiger partial charge in [0.25, 0.3) is 5.56 Å². The number of primary amides is 1. The van der Waals surface area contributed by atoms with E-state index in [4.69, 9.17) is 43.4 Å². The number of nitrogens with one attached hydrogen (secondary N) is 1. The minimum Gasteiger partial charge on any atom is -0.481 e. The molecule has 2 unspecified atom stereocenters. The maximum atomic E-state index is 12.7. The number of nitrogens with zero attached hydrogens (tertiary/aromatic N) is 3. The van der Waals surface area contributed by atoms with Crippen LogP contribution in [-0.4, -0.2) is 51.9 Å². The third-order valence-corrected chi connectivity index (χ3v) is 9.16. The number of pyridine rings is 2. The molecule has 4 heterocycles. The third-order valence-electron chi connectivity index (χ3n) is 8.35. The summed E-state index contributed by atoms with van der Waals surface area (Å²) in [5.74, 6) is 0.185. The van der Waals surface area contributed by atoms with E-state index in [1.807, 2.05) is 42.5 Å². The van der Waals surface area contributed by atoms with Gasteiger partial charge in [-0.3, -0.25) is 18.8 Å². The zero-order valence-electron chi connectivity index (χ0n) is 25.8. The van der Waals surface area contributed by atoms with Crippen LogP contribution in [0.1, 0.15) is 34.5 Å². The number of hydrogen-bond acceptors (Lipinski definition) is 8. The zero-order valence-corrected chi connectivity index (χ0v) is 27.3. The smallest absolute Gasteiger partial charge is 0.404 e. The van der Waals surface area contributed by atoms with Gasteiger partial charge in [0, 0.05) is 46.9 Å². The van der Waals surface area contributed by atoms with Crippen LogP contribution in [0.5, 0.6) is 5.88 Å². The number of fused-ring (bicyclic) bond motifs is 1. The van der Waals surface area contributed by atoms with Crippen molar-refractivity contribution in [2.24, 2.45) is 5.73 Å². The van der Waals surface area contributed by atoms with E-state index in [1.54, 1.807) is 31.3 Å². The predicted octanol–water partition coefficient (Wildman–Crippen LogP) is 5.81. The molecule has 244 valence electrons. The number of carbonyl (C=O) groups excluding carboxylic acids is 3. The first-order valence-corrected chi connectivity index (χ1v) is 15.7. The van der Waals surface area contributed by atoms with Crippen molar-refractivity contribution in [3.63, 3.8) is 0 Å². The monoisotopic (exact) mass is 685 g/mol. The molecular formula is C35H29Cl2N5O6. The summed E-state index contributed by atoms with van der Waals surface area (Å²) in [4.78, 5) is 56.7. The van der Waals surface area contributed by atoms with Crippen LogP contribution in [-0.2, 0) is 16.0 Å². The molecule has 0 bridgehead atoms. The van der Waals surface area contributed by atoms with Crippen molar-refractivity contribution in [3.8, 4) is 39.4 Å². The van der Waals surface area contributed by atoms with Crippen LogP contribution in [0.2, 0.25) is 10.0 Å². The number of aldehydes is 1. The number of hydrogen-bond donors (Lipinski definition) is 2. The van der Waals surface area contributed by atoms with Gasteiger partial charge in [0.15, 0.2) is 6.29 Å². The fourth-order valence-electron chi connectivity index (χ4n) is 5.97. The summed E-state index contributed by atoms with van der Waals surface area (Å²) in [6, 6.07) is 17.8. The Kier molecular flexibility index (Phi) is 9.16. The Bertz CT molecular complexity index is 2170. The molecule has 48 heavy (non-hydrogen) atoms. The van der Waals surface area contributed by atoms with Gasteiger partial charge in [-0.05, 0) is 37.1 Å². The second-order valence-corrected chi connectivity index (χ2v) is 12.0. The Hall–Kier alpha value is -5.26. The summed E-state index contributed by atoms with van der Waals surface area (Å²) in [6.45, 7) is 1.62. The summed E-state index contributed by atoms with van der Waals surface area (Å²) in [7, 11) is 1.49. The fourth-order valence-corrected chi connectivity index (χ4v) is 6.63. The second kappa shape index (κ2) is 13.5. The van der Waals surface area contributed by atoms with Gasteiger partial charge in [0.05, 0.1) is 34.6 Å². The van der Waals surface area contributed by atoms with Gasteiger partial charge in [0.2, 0.25) is 11.8 Å². The van der Waals surface area contributed by atoms with Crippen LogP contribution >= 0.6 is 23.2 Å². The average molecular weight is 687 g/mol. The Labute approximate surface area is 284 Å². The molecule has 1 aliphatic heterocycles. The van der Waals surface area contributed by atoms with Gasteiger partial charge in [-0.1, -0.05) is 65.7 Å². The molecule has 1 aliphatic rings. The third kappa shape index (κ3) is 6.22. The van der Waals surface area contributed by atoms with Gasteiger partial charge in [-0.15, -0.1) is 0 Å². The topological polar surface area (TPSA) is 155 Å². The highest BCUT2D eigenvalue weighted by Crippen LogP contribution is 2.42. The lowest BCUT2D eigenvalue weighted by Gasteiger charge is -2.23. The number of aromatic nitrogens is 3. The molecule has 2 aromatic carbocycles. The molecule has 0 aliphatic carbocycles. The molecule has 5 aromatic rings. The molecule has 13 heteroatoms. The highest BCUT2D eigenvalue weighted by Gasteiger charge is 2.32. The minimum atomic E-state index is -0.938. The molecule has 1 fully saturated rings. The minimum absolute atomic E-state index is 0.0110. The molecule has 11 nitrogen and oxygen atoms in total. The molecule has 3 aromatic heterocycles. The predicted molar refractivity (Wildman–Crippen MR) is 182 cm³/mol. The van der Waals surface area contributed by atoms with E-state index < -0.39 is 17.8 Å². The first kappa shape index (κ1) is 32.7. The molecular weight excluding hydrogens is 657 g/mol. The SMILES string of the molecule is COc1nc(-c2cccc(-c3cccc(-c4ccn5c(=O)c(C=O)c(C)nc5c4)c3Cl)c2Cl)ccc1CC(OC(N)=O)C1CCC(=O)N1. The summed E-state index contributed by atoms with van der Waals surface area (Å²) in [5, 5.41) is 3.67. The number of amides is 2. The number of halogens is 2. The Balaban J connectivity index is 1.34. The van der Waals surface area contributed by atoms with Gasteiger partial charge in [0.1, 0.15) is 17.3 Å². The normalized spacial score (nSPS) is 14.8. The van der Waals surface area contributed by atoms with E-state index >= 15 is 0 Å². The lowest BCUT2D eigenvalue weighted by Crippen LogP contribution is -2.42. The highest BCUT2D eigenvalue weighted by atomic mass is 35.5. The fraction of sp³-hybridized carbons (Fsp3) is 0.200. The van der Waals surface area contributed by atoms with Gasteiger partial charge >= 0.3 is 6.09 Å². The van der Waals surface area contributed by atoms with Crippen molar-refractivity contribution in [2.45, 2.75) is 38.3 Å². The van der Waals surface area contributed by atoms with Crippen molar-refractivity contribution >= 4 is 47.1 Å². The van der Waals surface area contributed by atoms with E-state index in [0.717, 1.165) is 5.56 Å². The second-order valence-electron chi connectivity index (χ2n) is 11.3. The summed E-state index contributed by atoms with van der Waals surface area (Å²) < 4.78 is 12.3. The number of ether oxygens (including phenoxy) is 2. The Morgan fingerprint density at radius 1 is 1.04 bits per heavy atom. The van der Waals surface area contributed by atoms with Gasteiger partial charge in [-0.2, -0.15) is 0 Å². The highest BCUT2D eigenvalue weighted by molar-refractivity contribution is 6.39. The van der Waals surface area contributed by atoms with E-state index in [1.165, 1.54) is 11.5 Å². The Morgan fingerprint density at radius 2 is 1.73 bits per heavy atom.